The number of aromatic nitrogens is 1. The first-order chi connectivity index (χ1) is 16.1. The Morgan fingerprint density at radius 3 is 2.39 bits per heavy atom. The van der Waals surface area contributed by atoms with Crippen molar-refractivity contribution in [1.29, 1.82) is 0 Å². The van der Waals surface area contributed by atoms with Crippen LogP contribution in [0.5, 0.6) is 17.2 Å². The van der Waals surface area contributed by atoms with Crippen LogP contribution in [0.15, 0.2) is 59.3 Å². The Labute approximate surface area is 193 Å². The molecule has 33 heavy (non-hydrogen) atoms. The van der Waals surface area contributed by atoms with Gasteiger partial charge in [0.05, 0.1) is 21.3 Å². The third-order valence-corrected chi connectivity index (χ3v) is 6.61. The molecule has 1 unspecified atom stereocenters. The van der Waals surface area contributed by atoms with Gasteiger partial charge in [0.2, 0.25) is 0 Å². The fourth-order valence-electron chi connectivity index (χ4n) is 4.74. The smallest absolute Gasteiger partial charge is 0.176 e. The lowest BCUT2D eigenvalue weighted by Gasteiger charge is -2.36. The molecule has 2 aromatic carbocycles. The van der Waals surface area contributed by atoms with Crippen LogP contribution >= 0.6 is 0 Å². The van der Waals surface area contributed by atoms with E-state index in [-0.39, 0.29) is 6.04 Å². The van der Waals surface area contributed by atoms with E-state index >= 15 is 0 Å². The van der Waals surface area contributed by atoms with Crippen molar-refractivity contribution in [2.45, 2.75) is 25.9 Å². The summed E-state index contributed by atoms with van der Waals surface area (Å²) in [4.78, 5) is 6.61. The van der Waals surface area contributed by atoms with Crippen LogP contribution in [0.25, 0.3) is 22.3 Å². The van der Waals surface area contributed by atoms with Crippen molar-refractivity contribution in [3.63, 3.8) is 0 Å². The first kappa shape index (κ1) is 21.3. The predicted molar refractivity (Wildman–Crippen MR) is 128 cm³/mol. The highest BCUT2D eigenvalue weighted by atomic mass is 16.5. The van der Waals surface area contributed by atoms with Gasteiger partial charge in [-0.1, -0.05) is 6.07 Å². The van der Waals surface area contributed by atoms with Crippen LogP contribution in [0.1, 0.15) is 29.7 Å². The second-order valence-electron chi connectivity index (χ2n) is 8.32. The van der Waals surface area contributed by atoms with Crippen LogP contribution < -0.4 is 14.2 Å². The summed E-state index contributed by atoms with van der Waals surface area (Å²) in [6, 6.07) is 14.6. The molecule has 0 spiro atoms. The second-order valence-corrected chi connectivity index (χ2v) is 8.32. The molecule has 0 radical (unpaired) electrons. The molecule has 1 aliphatic rings. The summed E-state index contributed by atoms with van der Waals surface area (Å²) in [5, 5.41) is 1.08. The summed E-state index contributed by atoms with van der Waals surface area (Å²) in [5.74, 6) is 3.11. The fraction of sp³-hybridized carbons (Fsp3) is 0.296. The Balaban J connectivity index is 1.50. The zero-order valence-electron chi connectivity index (χ0n) is 19.4. The van der Waals surface area contributed by atoms with Crippen LogP contribution in [0, 0.1) is 0 Å². The number of hydrogen-bond acceptors (Lipinski definition) is 6. The van der Waals surface area contributed by atoms with Gasteiger partial charge in [-0.05, 0) is 66.4 Å². The van der Waals surface area contributed by atoms with E-state index in [9.17, 15) is 0 Å². The van der Waals surface area contributed by atoms with Gasteiger partial charge in [0.1, 0.15) is 5.76 Å². The van der Waals surface area contributed by atoms with Crippen LogP contribution in [0.4, 0.5) is 0 Å². The molecule has 0 bridgehead atoms. The number of hydrogen-bond donors (Lipinski definition) is 0. The van der Waals surface area contributed by atoms with Gasteiger partial charge in [-0.3, -0.25) is 9.88 Å². The highest BCUT2D eigenvalue weighted by molar-refractivity contribution is 5.90. The van der Waals surface area contributed by atoms with Crippen molar-refractivity contribution < 1.29 is 18.6 Å². The van der Waals surface area contributed by atoms with Crippen LogP contribution in [-0.2, 0) is 13.0 Å². The van der Waals surface area contributed by atoms with Crippen LogP contribution in [0.2, 0.25) is 0 Å². The molecule has 1 atom stereocenters. The lowest BCUT2D eigenvalue weighted by Crippen LogP contribution is -2.33. The molecule has 0 saturated heterocycles. The van der Waals surface area contributed by atoms with E-state index in [4.69, 9.17) is 18.6 Å². The lowest BCUT2D eigenvalue weighted by molar-refractivity contribution is 0.189. The number of methoxy groups -OCH3 is 3. The molecule has 170 valence electrons. The molecule has 6 heteroatoms. The van der Waals surface area contributed by atoms with Crippen molar-refractivity contribution in [2.75, 3.05) is 27.9 Å². The SMILES string of the molecule is COc1cc2c(cc1OC)C(C)N(Cc1ccc(OC)c3oc(-c4ccncc4)cc13)CC2. The molecular weight excluding hydrogens is 416 g/mol. The maximum Gasteiger partial charge on any atom is 0.176 e. The van der Waals surface area contributed by atoms with Gasteiger partial charge in [0.25, 0.3) is 0 Å². The molecule has 6 nitrogen and oxygen atoms in total. The fourth-order valence-corrected chi connectivity index (χ4v) is 4.74. The normalized spacial score (nSPS) is 15.9. The summed E-state index contributed by atoms with van der Waals surface area (Å²) < 4.78 is 22.9. The van der Waals surface area contributed by atoms with Gasteiger partial charge in [-0.2, -0.15) is 0 Å². The molecule has 2 aromatic heterocycles. The van der Waals surface area contributed by atoms with Crippen molar-refractivity contribution >= 4 is 11.0 Å². The molecule has 0 N–H and O–H groups in total. The number of pyridine rings is 1. The Morgan fingerprint density at radius 1 is 0.939 bits per heavy atom. The van der Waals surface area contributed by atoms with E-state index in [1.807, 2.05) is 18.2 Å². The molecule has 3 heterocycles. The van der Waals surface area contributed by atoms with E-state index in [0.717, 1.165) is 59.1 Å². The molecule has 4 aromatic rings. The Hall–Kier alpha value is -3.51. The van der Waals surface area contributed by atoms with E-state index in [2.05, 4.69) is 41.1 Å². The van der Waals surface area contributed by atoms with Crippen molar-refractivity contribution in [3.05, 3.63) is 71.5 Å². The number of nitrogens with zero attached hydrogens (tertiary/aromatic N) is 2. The molecule has 0 saturated carbocycles. The third kappa shape index (κ3) is 3.80. The maximum atomic E-state index is 6.24. The monoisotopic (exact) mass is 444 g/mol. The predicted octanol–water partition coefficient (Wildman–Crippen LogP) is 5.64. The average Bonchev–Trinajstić information content (AvgIpc) is 3.32. The first-order valence-corrected chi connectivity index (χ1v) is 11.1. The van der Waals surface area contributed by atoms with Crippen LogP contribution in [-0.4, -0.2) is 37.8 Å². The van der Waals surface area contributed by atoms with E-state index in [1.54, 1.807) is 33.7 Å². The minimum Gasteiger partial charge on any atom is -0.493 e. The van der Waals surface area contributed by atoms with Crippen molar-refractivity contribution in [1.82, 2.24) is 9.88 Å². The van der Waals surface area contributed by atoms with Gasteiger partial charge >= 0.3 is 0 Å². The number of furan rings is 1. The lowest BCUT2D eigenvalue weighted by atomic mass is 9.92. The third-order valence-electron chi connectivity index (χ3n) is 6.61. The molecule has 0 fully saturated rings. The van der Waals surface area contributed by atoms with E-state index in [1.165, 1.54) is 16.7 Å². The molecule has 1 aliphatic heterocycles. The first-order valence-electron chi connectivity index (χ1n) is 11.1. The summed E-state index contributed by atoms with van der Waals surface area (Å²) in [6.45, 7) is 4.03. The zero-order valence-corrected chi connectivity index (χ0v) is 19.4. The minimum absolute atomic E-state index is 0.247. The largest absolute Gasteiger partial charge is 0.493 e. The van der Waals surface area contributed by atoms with Crippen molar-refractivity contribution in [3.8, 4) is 28.6 Å². The summed E-state index contributed by atoms with van der Waals surface area (Å²) in [6.07, 6.45) is 4.51. The zero-order chi connectivity index (χ0) is 22.9. The Kier molecular flexibility index (Phi) is 5.68. The van der Waals surface area contributed by atoms with Gasteiger partial charge in [-0.25, -0.2) is 0 Å². The second kappa shape index (κ2) is 8.79. The van der Waals surface area contributed by atoms with Crippen LogP contribution in [0.3, 0.4) is 0 Å². The number of benzene rings is 2. The molecule has 5 rings (SSSR count). The quantitative estimate of drug-likeness (QED) is 0.384. The highest BCUT2D eigenvalue weighted by Crippen LogP contribution is 2.40. The summed E-state index contributed by atoms with van der Waals surface area (Å²) in [5.41, 5.74) is 5.59. The number of ether oxygens (including phenoxy) is 3. The van der Waals surface area contributed by atoms with E-state index in [0.29, 0.717) is 0 Å². The molecule has 0 aliphatic carbocycles. The molecule has 0 amide bonds. The Morgan fingerprint density at radius 2 is 1.67 bits per heavy atom. The number of rotatable bonds is 6. The van der Waals surface area contributed by atoms with Gasteiger partial charge in [0.15, 0.2) is 22.8 Å². The molecular formula is C27H28N2O4. The van der Waals surface area contributed by atoms with Gasteiger partial charge in [-0.15, -0.1) is 0 Å². The standard InChI is InChI=1S/C27H28N2O4/c1-17-21-14-26(32-4)25(31-3)13-19(21)9-12-29(17)16-20-5-6-23(30-2)27-22(20)15-24(33-27)18-7-10-28-11-8-18/h5-8,10-11,13-15,17H,9,12,16H2,1-4H3. The highest BCUT2D eigenvalue weighted by Gasteiger charge is 2.27. The summed E-state index contributed by atoms with van der Waals surface area (Å²) in [7, 11) is 5.04. The maximum absolute atomic E-state index is 6.24. The summed E-state index contributed by atoms with van der Waals surface area (Å²) >= 11 is 0. The average molecular weight is 445 g/mol. The van der Waals surface area contributed by atoms with Gasteiger partial charge < -0.3 is 18.6 Å². The van der Waals surface area contributed by atoms with Crippen molar-refractivity contribution in [2.24, 2.45) is 0 Å². The minimum atomic E-state index is 0.247. The number of fused-ring (bicyclic) bond motifs is 2. The van der Waals surface area contributed by atoms with Gasteiger partial charge in [0, 0.05) is 42.5 Å². The Bertz CT molecular complexity index is 1280. The van der Waals surface area contributed by atoms with E-state index < -0.39 is 0 Å². The topological polar surface area (TPSA) is 57.0 Å².